The SMILES string of the molecule is CS(C)(C)c1ccc(Nc2ccccc2)cc1. The Morgan fingerprint density at radius 3 is 1.76 bits per heavy atom. The minimum absolute atomic E-state index is 0.620. The van der Waals surface area contributed by atoms with Crippen LogP contribution in [-0.2, 0) is 0 Å². The largest absolute Gasteiger partial charge is 0.356 e. The molecule has 0 bridgehead atoms. The number of benzene rings is 2. The zero-order chi connectivity index (χ0) is 12.3. The zero-order valence-corrected chi connectivity index (χ0v) is 11.4. The van der Waals surface area contributed by atoms with Crippen molar-refractivity contribution in [3.63, 3.8) is 0 Å². The van der Waals surface area contributed by atoms with Gasteiger partial charge in [0.2, 0.25) is 0 Å². The van der Waals surface area contributed by atoms with E-state index in [1.165, 1.54) is 4.90 Å². The molecule has 0 fully saturated rings. The van der Waals surface area contributed by atoms with Crippen LogP contribution in [0, 0.1) is 0 Å². The molecule has 2 aromatic rings. The minimum Gasteiger partial charge on any atom is -0.356 e. The topological polar surface area (TPSA) is 12.0 Å². The Morgan fingerprint density at radius 1 is 0.706 bits per heavy atom. The summed E-state index contributed by atoms with van der Waals surface area (Å²) in [5.74, 6) is 0. The number of para-hydroxylation sites is 1. The number of hydrogen-bond donors (Lipinski definition) is 1. The van der Waals surface area contributed by atoms with Crippen molar-refractivity contribution < 1.29 is 0 Å². The molecule has 0 saturated heterocycles. The van der Waals surface area contributed by atoms with Crippen LogP contribution in [0.4, 0.5) is 11.4 Å². The number of rotatable bonds is 3. The molecule has 0 radical (unpaired) electrons. The first-order chi connectivity index (χ1) is 8.05. The van der Waals surface area contributed by atoms with Gasteiger partial charge in [0.1, 0.15) is 0 Å². The summed E-state index contributed by atoms with van der Waals surface area (Å²) in [4.78, 5) is 1.44. The van der Waals surface area contributed by atoms with Crippen LogP contribution >= 0.6 is 10.0 Å². The van der Waals surface area contributed by atoms with Gasteiger partial charge in [-0.3, -0.25) is 0 Å². The Bertz CT molecular complexity index is 469. The van der Waals surface area contributed by atoms with E-state index in [9.17, 15) is 0 Å². The van der Waals surface area contributed by atoms with Gasteiger partial charge >= 0.3 is 0 Å². The monoisotopic (exact) mass is 245 g/mol. The third-order valence-electron chi connectivity index (χ3n) is 2.62. The summed E-state index contributed by atoms with van der Waals surface area (Å²) >= 11 is 0. The first kappa shape index (κ1) is 12.1. The Morgan fingerprint density at radius 2 is 1.24 bits per heavy atom. The lowest BCUT2D eigenvalue weighted by Crippen LogP contribution is -1.94. The molecule has 0 aliphatic heterocycles. The summed E-state index contributed by atoms with van der Waals surface area (Å²) in [5, 5.41) is 3.39. The molecule has 1 N–H and O–H groups in total. The van der Waals surface area contributed by atoms with Crippen molar-refractivity contribution in [1.82, 2.24) is 0 Å². The average Bonchev–Trinajstić information content (AvgIpc) is 2.30. The van der Waals surface area contributed by atoms with Crippen molar-refractivity contribution in [2.24, 2.45) is 0 Å². The highest BCUT2D eigenvalue weighted by molar-refractivity contribution is 8.32. The van der Waals surface area contributed by atoms with Crippen molar-refractivity contribution in [2.45, 2.75) is 4.90 Å². The fraction of sp³-hybridized carbons (Fsp3) is 0.200. The highest BCUT2D eigenvalue weighted by atomic mass is 32.3. The number of hydrogen-bond acceptors (Lipinski definition) is 1. The first-order valence-corrected chi connectivity index (χ1v) is 8.52. The maximum absolute atomic E-state index is 3.39. The lowest BCUT2D eigenvalue weighted by atomic mass is 10.3. The maximum Gasteiger partial charge on any atom is 0.0384 e. The Hall–Kier alpha value is -1.41. The molecule has 90 valence electrons. The third-order valence-corrected chi connectivity index (χ3v) is 4.31. The van der Waals surface area contributed by atoms with E-state index >= 15 is 0 Å². The van der Waals surface area contributed by atoms with Crippen molar-refractivity contribution in [3.05, 3.63) is 54.6 Å². The van der Waals surface area contributed by atoms with E-state index in [4.69, 9.17) is 0 Å². The molecule has 0 spiro atoms. The number of nitrogens with one attached hydrogen (secondary N) is 1. The van der Waals surface area contributed by atoms with E-state index in [0.29, 0.717) is 0 Å². The molecule has 0 saturated carbocycles. The second-order valence-corrected chi connectivity index (χ2v) is 9.00. The summed E-state index contributed by atoms with van der Waals surface area (Å²) in [6.45, 7) is 0. The molecule has 0 amide bonds. The van der Waals surface area contributed by atoms with Gasteiger partial charge in [0.25, 0.3) is 0 Å². The van der Waals surface area contributed by atoms with Crippen molar-refractivity contribution in [1.29, 1.82) is 0 Å². The van der Waals surface area contributed by atoms with E-state index in [2.05, 4.69) is 60.5 Å². The second kappa shape index (κ2) is 4.84. The molecule has 17 heavy (non-hydrogen) atoms. The fourth-order valence-corrected chi connectivity index (χ4v) is 2.59. The second-order valence-electron chi connectivity index (χ2n) is 4.85. The summed E-state index contributed by atoms with van der Waals surface area (Å²) < 4.78 is 0. The molecular weight excluding hydrogens is 226 g/mol. The van der Waals surface area contributed by atoms with Gasteiger partial charge in [-0.25, -0.2) is 10.0 Å². The van der Waals surface area contributed by atoms with Gasteiger partial charge in [-0.1, -0.05) is 18.2 Å². The van der Waals surface area contributed by atoms with Gasteiger partial charge in [-0.15, -0.1) is 0 Å². The van der Waals surface area contributed by atoms with E-state index in [0.717, 1.165) is 11.4 Å². The van der Waals surface area contributed by atoms with E-state index in [1.54, 1.807) is 0 Å². The quantitative estimate of drug-likeness (QED) is 0.840. The lowest BCUT2D eigenvalue weighted by Gasteiger charge is -2.25. The van der Waals surface area contributed by atoms with Crippen LogP contribution in [0.1, 0.15) is 0 Å². The predicted octanol–water partition coefficient (Wildman–Crippen LogP) is 4.48. The van der Waals surface area contributed by atoms with Crippen molar-refractivity contribution >= 4 is 21.4 Å². The molecule has 0 aliphatic rings. The Labute approximate surface area is 105 Å². The molecule has 0 aromatic heterocycles. The molecule has 2 rings (SSSR count). The van der Waals surface area contributed by atoms with Gasteiger partial charge in [-0.05, 0) is 60.1 Å². The summed E-state index contributed by atoms with van der Waals surface area (Å²) in [6, 6.07) is 19.0. The van der Waals surface area contributed by atoms with E-state index < -0.39 is 10.0 Å². The van der Waals surface area contributed by atoms with Crippen LogP contribution in [0.3, 0.4) is 0 Å². The average molecular weight is 245 g/mol. The zero-order valence-electron chi connectivity index (χ0n) is 10.6. The Kier molecular flexibility index (Phi) is 3.43. The number of anilines is 2. The van der Waals surface area contributed by atoms with Crippen LogP contribution in [0.25, 0.3) is 0 Å². The van der Waals surface area contributed by atoms with Gasteiger partial charge in [0, 0.05) is 11.4 Å². The van der Waals surface area contributed by atoms with Crippen LogP contribution < -0.4 is 5.32 Å². The summed E-state index contributed by atoms with van der Waals surface area (Å²) in [5.41, 5.74) is 2.27. The fourth-order valence-electron chi connectivity index (χ4n) is 1.63. The minimum atomic E-state index is -0.620. The molecular formula is C15H19NS. The van der Waals surface area contributed by atoms with Gasteiger partial charge in [0.15, 0.2) is 0 Å². The van der Waals surface area contributed by atoms with Gasteiger partial charge in [0.05, 0.1) is 0 Å². The van der Waals surface area contributed by atoms with Crippen LogP contribution in [-0.4, -0.2) is 18.8 Å². The standard InChI is InChI=1S/C15H19NS/c1-17(2,3)15-11-9-14(10-12-15)16-13-7-5-4-6-8-13/h4-12,16H,1-3H3. The Balaban J connectivity index is 2.14. The molecule has 0 aliphatic carbocycles. The molecule has 2 aromatic carbocycles. The van der Waals surface area contributed by atoms with Crippen molar-refractivity contribution in [2.75, 3.05) is 24.1 Å². The third kappa shape index (κ3) is 3.27. The summed E-state index contributed by atoms with van der Waals surface area (Å²) in [7, 11) is -0.620. The van der Waals surface area contributed by atoms with Crippen LogP contribution in [0.2, 0.25) is 0 Å². The smallest absolute Gasteiger partial charge is 0.0384 e. The molecule has 2 heteroatoms. The van der Waals surface area contributed by atoms with Gasteiger partial charge < -0.3 is 5.32 Å². The van der Waals surface area contributed by atoms with Crippen LogP contribution in [0.5, 0.6) is 0 Å². The van der Waals surface area contributed by atoms with Crippen LogP contribution in [0.15, 0.2) is 59.5 Å². The molecule has 0 heterocycles. The lowest BCUT2D eigenvalue weighted by molar-refractivity contribution is 1.42. The predicted molar refractivity (Wildman–Crippen MR) is 79.8 cm³/mol. The van der Waals surface area contributed by atoms with Gasteiger partial charge in [-0.2, -0.15) is 0 Å². The normalized spacial score (nSPS) is 12.2. The van der Waals surface area contributed by atoms with Crippen molar-refractivity contribution in [3.8, 4) is 0 Å². The first-order valence-electron chi connectivity index (χ1n) is 5.66. The van der Waals surface area contributed by atoms with E-state index in [-0.39, 0.29) is 0 Å². The molecule has 1 nitrogen and oxygen atoms in total. The van der Waals surface area contributed by atoms with E-state index in [1.807, 2.05) is 18.2 Å². The molecule has 0 atom stereocenters. The highest BCUT2D eigenvalue weighted by Crippen LogP contribution is 2.45. The summed E-state index contributed by atoms with van der Waals surface area (Å²) in [6.07, 6.45) is 6.94. The molecule has 0 unspecified atom stereocenters. The maximum atomic E-state index is 3.39. The highest BCUT2D eigenvalue weighted by Gasteiger charge is 2.06.